The van der Waals surface area contributed by atoms with Gasteiger partial charge in [-0.05, 0) is 42.8 Å². The number of ether oxygens (including phenoxy) is 2. The summed E-state index contributed by atoms with van der Waals surface area (Å²) in [6, 6.07) is 13.2. The summed E-state index contributed by atoms with van der Waals surface area (Å²) in [5.74, 6) is 1.58. The minimum Gasteiger partial charge on any atom is -0.494 e. The van der Waals surface area contributed by atoms with E-state index in [2.05, 4.69) is 15.9 Å². The number of benzene rings is 2. The fourth-order valence-corrected chi connectivity index (χ4v) is 2.79. The summed E-state index contributed by atoms with van der Waals surface area (Å²) >= 11 is 3.38. The molecule has 2 aromatic rings. The van der Waals surface area contributed by atoms with Crippen LogP contribution >= 0.6 is 15.9 Å². The van der Waals surface area contributed by atoms with Gasteiger partial charge in [0.2, 0.25) is 0 Å². The zero-order valence-electron chi connectivity index (χ0n) is 11.6. The van der Waals surface area contributed by atoms with Crippen LogP contribution in [-0.4, -0.2) is 12.4 Å². The van der Waals surface area contributed by atoms with Gasteiger partial charge in [-0.15, -0.1) is 0 Å². The Bertz CT molecular complexity index is 664. The third-order valence-corrected chi connectivity index (χ3v) is 3.94. The lowest BCUT2D eigenvalue weighted by Gasteiger charge is -2.25. The molecule has 2 aromatic carbocycles. The van der Waals surface area contributed by atoms with E-state index >= 15 is 0 Å². The van der Waals surface area contributed by atoms with Crippen molar-refractivity contribution in [3.63, 3.8) is 0 Å². The number of carbonyl (C=O) groups is 1. The van der Waals surface area contributed by atoms with Crippen LogP contribution in [0.15, 0.2) is 46.9 Å². The van der Waals surface area contributed by atoms with Crippen LogP contribution in [0.25, 0.3) is 0 Å². The molecule has 4 heteroatoms. The maximum absolute atomic E-state index is 12.3. The van der Waals surface area contributed by atoms with Crippen LogP contribution in [0.3, 0.4) is 0 Å². The molecule has 1 heterocycles. The van der Waals surface area contributed by atoms with Crippen molar-refractivity contribution in [3.05, 3.63) is 58.1 Å². The van der Waals surface area contributed by atoms with Crippen LogP contribution in [0.1, 0.15) is 35.4 Å². The summed E-state index contributed by atoms with van der Waals surface area (Å²) < 4.78 is 12.3. The SMILES string of the molecule is CCOc1ccc(C2CC(=O)c3cc(Br)ccc3O2)cc1. The van der Waals surface area contributed by atoms with Gasteiger partial charge in [0, 0.05) is 4.47 Å². The van der Waals surface area contributed by atoms with Crippen molar-refractivity contribution >= 4 is 21.7 Å². The maximum atomic E-state index is 12.3. The summed E-state index contributed by atoms with van der Waals surface area (Å²) in [7, 11) is 0. The molecule has 1 atom stereocenters. The van der Waals surface area contributed by atoms with Crippen molar-refractivity contribution in [1.29, 1.82) is 0 Å². The van der Waals surface area contributed by atoms with Gasteiger partial charge in [0.05, 0.1) is 18.6 Å². The predicted molar refractivity (Wildman–Crippen MR) is 84.1 cm³/mol. The van der Waals surface area contributed by atoms with E-state index in [1.165, 1.54) is 0 Å². The van der Waals surface area contributed by atoms with Gasteiger partial charge in [-0.2, -0.15) is 0 Å². The molecule has 3 nitrogen and oxygen atoms in total. The number of rotatable bonds is 3. The van der Waals surface area contributed by atoms with Crippen molar-refractivity contribution in [2.75, 3.05) is 6.61 Å². The molecule has 21 heavy (non-hydrogen) atoms. The van der Waals surface area contributed by atoms with Gasteiger partial charge in [0.25, 0.3) is 0 Å². The van der Waals surface area contributed by atoms with Gasteiger partial charge in [-0.25, -0.2) is 0 Å². The summed E-state index contributed by atoms with van der Waals surface area (Å²) in [6.45, 7) is 2.59. The molecular weight excluding hydrogens is 332 g/mol. The highest BCUT2D eigenvalue weighted by Gasteiger charge is 2.27. The molecule has 0 saturated heterocycles. The number of fused-ring (bicyclic) bond motifs is 1. The number of ketones is 1. The summed E-state index contributed by atoms with van der Waals surface area (Å²) in [5.41, 5.74) is 1.63. The fourth-order valence-electron chi connectivity index (χ4n) is 2.43. The normalized spacial score (nSPS) is 17.0. The number of hydrogen-bond acceptors (Lipinski definition) is 3. The zero-order valence-corrected chi connectivity index (χ0v) is 13.2. The molecule has 3 rings (SSSR count). The molecule has 0 saturated carbocycles. The van der Waals surface area contributed by atoms with E-state index in [1.54, 1.807) is 0 Å². The van der Waals surface area contributed by atoms with Gasteiger partial charge in [0.1, 0.15) is 17.6 Å². The number of halogens is 1. The lowest BCUT2D eigenvalue weighted by atomic mass is 9.96. The Morgan fingerprint density at radius 1 is 1.24 bits per heavy atom. The van der Waals surface area contributed by atoms with E-state index in [1.807, 2.05) is 49.4 Å². The third-order valence-electron chi connectivity index (χ3n) is 3.44. The van der Waals surface area contributed by atoms with Gasteiger partial charge in [-0.1, -0.05) is 28.1 Å². The van der Waals surface area contributed by atoms with Crippen LogP contribution in [0.5, 0.6) is 11.5 Å². The number of hydrogen-bond donors (Lipinski definition) is 0. The average Bonchev–Trinajstić information content (AvgIpc) is 2.49. The van der Waals surface area contributed by atoms with Crippen LogP contribution in [0.4, 0.5) is 0 Å². The summed E-state index contributed by atoms with van der Waals surface area (Å²) in [4.78, 5) is 12.3. The van der Waals surface area contributed by atoms with Crippen LogP contribution in [0.2, 0.25) is 0 Å². The first kappa shape index (κ1) is 14.1. The largest absolute Gasteiger partial charge is 0.494 e. The predicted octanol–water partition coefficient (Wildman–Crippen LogP) is 4.55. The van der Waals surface area contributed by atoms with Crippen LogP contribution < -0.4 is 9.47 Å². The molecule has 0 bridgehead atoms. The van der Waals surface area contributed by atoms with E-state index in [9.17, 15) is 4.79 Å². The molecule has 0 aromatic heterocycles. The van der Waals surface area contributed by atoms with Gasteiger partial charge in [-0.3, -0.25) is 4.79 Å². The molecule has 1 unspecified atom stereocenters. The number of Topliss-reactive ketones (excluding diaryl/α,β-unsaturated/α-hetero) is 1. The Labute approximate surface area is 132 Å². The Balaban J connectivity index is 1.85. The van der Waals surface area contributed by atoms with E-state index in [4.69, 9.17) is 9.47 Å². The fraction of sp³-hybridized carbons (Fsp3) is 0.235. The van der Waals surface area contributed by atoms with Gasteiger partial charge < -0.3 is 9.47 Å². The smallest absolute Gasteiger partial charge is 0.170 e. The monoisotopic (exact) mass is 346 g/mol. The molecule has 0 amide bonds. The Morgan fingerprint density at radius 3 is 2.71 bits per heavy atom. The molecule has 0 N–H and O–H groups in total. The Kier molecular flexibility index (Phi) is 3.97. The summed E-state index contributed by atoms with van der Waals surface area (Å²) in [5, 5.41) is 0. The first-order valence-corrected chi connectivity index (χ1v) is 7.69. The summed E-state index contributed by atoms with van der Waals surface area (Å²) in [6.07, 6.45) is 0.124. The minimum atomic E-state index is -0.234. The van der Waals surface area contributed by atoms with Crippen molar-refractivity contribution in [1.82, 2.24) is 0 Å². The molecule has 108 valence electrons. The van der Waals surface area contributed by atoms with Crippen LogP contribution in [0, 0.1) is 0 Å². The second kappa shape index (κ2) is 5.90. The highest BCUT2D eigenvalue weighted by Crippen LogP contribution is 2.36. The number of carbonyl (C=O) groups excluding carboxylic acids is 1. The maximum Gasteiger partial charge on any atom is 0.170 e. The third kappa shape index (κ3) is 2.95. The van der Waals surface area contributed by atoms with Crippen molar-refractivity contribution in [2.45, 2.75) is 19.4 Å². The first-order valence-electron chi connectivity index (χ1n) is 6.89. The standard InChI is InChI=1S/C17H15BrO3/c1-2-20-13-6-3-11(4-7-13)17-10-15(19)14-9-12(18)5-8-16(14)21-17/h3-9,17H,2,10H2,1H3. The Hall–Kier alpha value is -1.81. The highest BCUT2D eigenvalue weighted by atomic mass is 79.9. The molecule has 1 aliphatic heterocycles. The van der Waals surface area contributed by atoms with Crippen molar-refractivity contribution < 1.29 is 14.3 Å². The molecule has 0 aliphatic carbocycles. The molecule has 1 aliphatic rings. The zero-order chi connectivity index (χ0) is 14.8. The van der Waals surface area contributed by atoms with E-state index in [-0.39, 0.29) is 11.9 Å². The quantitative estimate of drug-likeness (QED) is 0.817. The molecule has 0 fully saturated rings. The first-order chi connectivity index (χ1) is 10.2. The van der Waals surface area contributed by atoms with Gasteiger partial charge >= 0.3 is 0 Å². The van der Waals surface area contributed by atoms with E-state index in [0.717, 1.165) is 15.8 Å². The van der Waals surface area contributed by atoms with E-state index in [0.29, 0.717) is 24.3 Å². The highest BCUT2D eigenvalue weighted by molar-refractivity contribution is 9.10. The Morgan fingerprint density at radius 2 is 2.00 bits per heavy atom. The van der Waals surface area contributed by atoms with Crippen molar-refractivity contribution in [3.8, 4) is 11.5 Å². The minimum absolute atomic E-state index is 0.108. The molecule has 0 radical (unpaired) electrons. The lowest BCUT2D eigenvalue weighted by Crippen LogP contribution is -2.20. The topological polar surface area (TPSA) is 35.5 Å². The van der Waals surface area contributed by atoms with E-state index < -0.39 is 0 Å². The lowest BCUT2D eigenvalue weighted by molar-refractivity contribution is 0.0850. The van der Waals surface area contributed by atoms with Crippen LogP contribution in [-0.2, 0) is 0 Å². The second-order valence-corrected chi connectivity index (χ2v) is 5.79. The molecule has 0 spiro atoms. The average molecular weight is 347 g/mol. The molecular formula is C17H15BrO3. The van der Waals surface area contributed by atoms with Crippen molar-refractivity contribution in [2.24, 2.45) is 0 Å². The second-order valence-electron chi connectivity index (χ2n) is 4.88. The van der Waals surface area contributed by atoms with Gasteiger partial charge in [0.15, 0.2) is 5.78 Å².